The number of hydrogen-bond acceptors (Lipinski definition) is 5. The van der Waals surface area contributed by atoms with Gasteiger partial charge in [0.25, 0.3) is 0 Å². The third-order valence-corrected chi connectivity index (χ3v) is 10.8. The van der Waals surface area contributed by atoms with Gasteiger partial charge in [-0.3, -0.25) is 4.90 Å². The Morgan fingerprint density at radius 2 is 1.61 bits per heavy atom. The smallest absolute Gasteiger partial charge is 0.175 e. The Labute approximate surface area is 224 Å². The predicted molar refractivity (Wildman–Crippen MR) is 147 cm³/mol. The van der Waals surface area contributed by atoms with Crippen molar-refractivity contribution in [1.29, 1.82) is 0 Å². The maximum atomic E-state index is 15.2. The minimum absolute atomic E-state index is 0.265. The van der Waals surface area contributed by atoms with E-state index < -0.39 is 9.84 Å². The number of hydrogen-bond donors (Lipinski definition) is 0. The molecule has 8 heteroatoms. The van der Waals surface area contributed by atoms with Gasteiger partial charge in [-0.05, 0) is 100 Å². The summed E-state index contributed by atoms with van der Waals surface area (Å²) >= 11 is 0. The summed E-state index contributed by atoms with van der Waals surface area (Å²) in [5, 5.41) is 0. The molecule has 1 aromatic carbocycles. The van der Waals surface area contributed by atoms with Crippen molar-refractivity contribution in [3.63, 3.8) is 0 Å². The van der Waals surface area contributed by atoms with Crippen LogP contribution >= 0.6 is 0 Å². The number of aromatic nitrogens is 2. The molecule has 0 spiro atoms. The molecule has 3 aliphatic heterocycles. The van der Waals surface area contributed by atoms with Crippen molar-refractivity contribution in [2.45, 2.75) is 80.3 Å². The summed E-state index contributed by atoms with van der Waals surface area (Å²) < 4.78 is 40.5. The standard InChI is InChI=1S/C30H37FN4O2S/c1-38(36,37)27-8-4-22(5-9-27)29-19-34-18-23(14-28(31)30(34)32-29)21-10-12-33(13-11-21)26-15-24-6-7-25(16-26)35(24)17-20-2-3-20/h4-5,8-9,14,18-21,24-26H,2-3,6-7,10-13,15-17H2,1H3. The van der Waals surface area contributed by atoms with Gasteiger partial charge in [0, 0.05) is 48.9 Å². The van der Waals surface area contributed by atoms with Crippen molar-refractivity contribution in [2.75, 3.05) is 25.9 Å². The van der Waals surface area contributed by atoms with Gasteiger partial charge in [0.2, 0.25) is 0 Å². The first-order valence-electron chi connectivity index (χ1n) is 14.3. The van der Waals surface area contributed by atoms with Crippen LogP contribution in [0.2, 0.25) is 0 Å². The second kappa shape index (κ2) is 9.42. The van der Waals surface area contributed by atoms with Crippen molar-refractivity contribution < 1.29 is 12.8 Å². The van der Waals surface area contributed by atoms with E-state index in [2.05, 4.69) is 14.8 Å². The minimum Gasteiger partial charge on any atom is -0.304 e. The van der Waals surface area contributed by atoms with E-state index in [1.54, 1.807) is 34.7 Å². The van der Waals surface area contributed by atoms with E-state index in [0.29, 0.717) is 23.3 Å². The molecule has 0 radical (unpaired) electrons. The van der Waals surface area contributed by atoms with E-state index >= 15 is 4.39 Å². The molecule has 38 heavy (non-hydrogen) atoms. The van der Waals surface area contributed by atoms with Crippen LogP contribution in [0.5, 0.6) is 0 Å². The van der Waals surface area contributed by atoms with Gasteiger partial charge in [-0.25, -0.2) is 17.8 Å². The van der Waals surface area contributed by atoms with Gasteiger partial charge in [-0.2, -0.15) is 0 Å². The zero-order valence-electron chi connectivity index (χ0n) is 22.1. The molecule has 202 valence electrons. The van der Waals surface area contributed by atoms with Crippen LogP contribution in [0, 0.1) is 11.7 Å². The summed E-state index contributed by atoms with van der Waals surface area (Å²) in [5.74, 6) is 1.04. The Kier molecular flexibility index (Phi) is 6.13. The Morgan fingerprint density at radius 3 is 2.24 bits per heavy atom. The summed E-state index contributed by atoms with van der Waals surface area (Å²) in [5.41, 5.74) is 2.76. The van der Waals surface area contributed by atoms with Gasteiger partial charge >= 0.3 is 0 Å². The molecule has 2 atom stereocenters. The van der Waals surface area contributed by atoms with Crippen molar-refractivity contribution >= 4 is 15.5 Å². The fourth-order valence-corrected chi connectivity index (χ4v) is 7.98. The van der Waals surface area contributed by atoms with Gasteiger partial charge in [-0.1, -0.05) is 12.1 Å². The van der Waals surface area contributed by atoms with Crippen LogP contribution in [0.4, 0.5) is 4.39 Å². The minimum atomic E-state index is -3.26. The summed E-state index contributed by atoms with van der Waals surface area (Å²) in [6.45, 7) is 3.54. The Balaban J connectivity index is 1.03. The van der Waals surface area contributed by atoms with Crippen molar-refractivity contribution in [3.05, 3.63) is 54.1 Å². The normalized spacial score (nSPS) is 27.4. The first-order chi connectivity index (χ1) is 18.3. The number of piperidine rings is 2. The summed E-state index contributed by atoms with van der Waals surface area (Å²) in [7, 11) is -3.26. The fraction of sp³-hybridized carbons (Fsp3) is 0.567. The first-order valence-corrected chi connectivity index (χ1v) is 16.2. The molecule has 2 unspecified atom stereocenters. The maximum Gasteiger partial charge on any atom is 0.175 e. The molecule has 2 bridgehead atoms. The molecule has 1 saturated carbocycles. The Hall–Kier alpha value is -2.29. The van der Waals surface area contributed by atoms with Gasteiger partial charge in [0.1, 0.15) is 0 Å². The van der Waals surface area contributed by atoms with Gasteiger partial charge < -0.3 is 9.30 Å². The van der Waals surface area contributed by atoms with E-state index in [4.69, 9.17) is 0 Å². The lowest BCUT2D eigenvalue weighted by molar-refractivity contribution is 0.0438. The van der Waals surface area contributed by atoms with Crippen molar-refractivity contribution in [3.8, 4) is 11.3 Å². The van der Waals surface area contributed by atoms with E-state index in [1.165, 1.54) is 51.3 Å². The number of fused-ring (bicyclic) bond motifs is 3. The number of nitrogens with zero attached hydrogens (tertiary/aromatic N) is 4. The Bertz CT molecular complexity index is 1430. The number of rotatable bonds is 6. The fourth-order valence-electron chi connectivity index (χ4n) is 7.35. The number of halogens is 1. The van der Waals surface area contributed by atoms with Crippen LogP contribution in [0.15, 0.2) is 47.6 Å². The number of benzene rings is 1. The molecule has 1 aliphatic carbocycles. The van der Waals surface area contributed by atoms with E-state index in [1.807, 2.05) is 12.4 Å². The van der Waals surface area contributed by atoms with Gasteiger partial charge in [-0.15, -0.1) is 0 Å². The van der Waals surface area contributed by atoms with E-state index in [0.717, 1.165) is 55.1 Å². The molecule has 4 aliphatic rings. The third kappa shape index (κ3) is 4.69. The maximum absolute atomic E-state index is 15.2. The van der Waals surface area contributed by atoms with E-state index in [9.17, 15) is 8.42 Å². The lowest BCUT2D eigenvalue weighted by atomic mass is 9.87. The molecule has 0 amide bonds. The largest absolute Gasteiger partial charge is 0.304 e. The predicted octanol–water partition coefficient (Wildman–Crippen LogP) is 5.13. The number of imidazole rings is 1. The molecule has 4 fully saturated rings. The lowest BCUT2D eigenvalue weighted by Gasteiger charge is -2.45. The highest BCUT2D eigenvalue weighted by Gasteiger charge is 2.44. The molecular weight excluding hydrogens is 499 g/mol. The highest BCUT2D eigenvalue weighted by atomic mass is 32.2. The van der Waals surface area contributed by atoms with Crippen LogP contribution in [-0.2, 0) is 9.84 Å². The molecule has 5 heterocycles. The molecule has 3 aromatic rings. The topological polar surface area (TPSA) is 57.9 Å². The number of pyridine rings is 1. The molecule has 7 rings (SSSR count). The van der Waals surface area contributed by atoms with Crippen molar-refractivity contribution in [2.24, 2.45) is 5.92 Å². The van der Waals surface area contributed by atoms with Crippen LogP contribution < -0.4 is 0 Å². The summed E-state index contributed by atoms with van der Waals surface area (Å²) in [4.78, 5) is 10.4. The quantitative estimate of drug-likeness (QED) is 0.437. The zero-order valence-corrected chi connectivity index (χ0v) is 22.9. The highest BCUT2D eigenvalue weighted by Crippen LogP contribution is 2.42. The summed E-state index contributed by atoms with van der Waals surface area (Å²) in [6, 6.07) is 10.6. The first kappa shape index (κ1) is 24.7. The van der Waals surface area contributed by atoms with Crippen molar-refractivity contribution in [1.82, 2.24) is 19.2 Å². The van der Waals surface area contributed by atoms with Crippen LogP contribution in [0.3, 0.4) is 0 Å². The average Bonchev–Trinajstić information content (AvgIpc) is 3.57. The SMILES string of the molecule is CS(=O)(=O)c1ccc(-c2cn3cc(C4CCN(C5CC6CCC(C5)N6CC5CC5)CC4)cc(F)c3n2)cc1. The third-order valence-electron chi connectivity index (χ3n) is 9.65. The van der Waals surface area contributed by atoms with Gasteiger partial charge in [0.05, 0.1) is 10.6 Å². The Morgan fingerprint density at radius 1 is 0.921 bits per heavy atom. The monoisotopic (exact) mass is 536 g/mol. The molecule has 0 N–H and O–H groups in total. The molecule has 6 nitrogen and oxygen atoms in total. The average molecular weight is 537 g/mol. The summed E-state index contributed by atoms with van der Waals surface area (Å²) in [6.07, 6.45) is 15.5. The second-order valence-electron chi connectivity index (χ2n) is 12.2. The molecular formula is C30H37FN4O2S. The van der Waals surface area contributed by atoms with Crippen LogP contribution in [0.1, 0.15) is 62.8 Å². The van der Waals surface area contributed by atoms with Crippen LogP contribution in [0.25, 0.3) is 16.9 Å². The van der Waals surface area contributed by atoms with Gasteiger partial charge in [0.15, 0.2) is 21.3 Å². The van der Waals surface area contributed by atoms with Crippen LogP contribution in [-0.4, -0.2) is 71.6 Å². The van der Waals surface area contributed by atoms with E-state index in [-0.39, 0.29) is 10.7 Å². The lowest BCUT2D eigenvalue weighted by Crippen LogP contribution is -2.52. The second-order valence-corrected chi connectivity index (χ2v) is 14.3. The number of likely N-dealkylation sites (tertiary alicyclic amines) is 1. The molecule has 2 aromatic heterocycles. The zero-order chi connectivity index (χ0) is 26.0. The highest BCUT2D eigenvalue weighted by molar-refractivity contribution is 7.90. The molecule has 3 saturated heterocycles. The number of sulfone groups is 1.